The quantitative estimate of drug-likeness (QED) is 0.685. The van der Waals surface area contributed by atoms with Gasteiger partial charge in [0.25, 0.3) is 0 Å². The molecule has 2 aromatic heterocycles. The number of anilines is 1. The molecule has 1 aromatic carbocycles. The molecule has 0 radical (unpaired) electrons. The van der Waals surface area contributed by atoms with E-state index in [-0.39, 0.29) is 0 Å². The van der Waals surface area contributed by atoms with Crippen molar-refractivity contribution in [2.45, 2.75) is 6.42 Å². The number of halogens is 2. The summed E-state index contributed by atoms with van der Waals surface area (Å²) in [5, 5.41) is 13.7. The van der Waals surface area contributed by atoms with Crippen LogP contribution in [0.5, 0.6) is 0 Å². The van der Waals surface area contributed by atoms with Crippen molar-refractivity contribution in [1.29, 1.82) is 0 Å². The molecule has 3 aromatic rings. The van der Waals surface area contributed by atoms with E-state index < -0.39 is 0 Å². The first-order chi connectivity index (χ1) is 12.6. The minimum Gasteiger partial charge on any atom is -0.371 e. The highest BCUT2D eigenvalue weighted by Crippen LogP contribution is 2.24. The summed E-state index contributed by atoms with van der Waals surface area (Å²) < 4.78 is 1.70. The molecule has 0 unspecified atom stereocenters. The zero-order valence-corrected chi connectivity index (χ0v) is 15.7. The third-order valence-electron chi connectivity index (χ3n) is 4.61. The van der Waals surface area contributed by atoms with Gasteiger partial charge in [-0.1, -0.05) is 35.8 Å². The van der Waals surface area contributed by atoms with E-state index in [0.717, 1.165) is 55.3 Å². The Kier molecular flexibility index (Phi) is 4.70. The molecule has 0 bridgehead atoms. The summed E-state index contributed by atoms with van der Waals surface area (Å²) in [6.07, 6.45) is 2.34. The summed E-state index contributed by atoms with van der Waals surface area (Å²) >= 11 is 12.2. The number of allylic oxidation sites excluding steroid dienone is 1. The number of fused-ring (bicyclic) bond motifs is 1. The number of aromatic nitrogens is 4. The normalized spacial score (nSPS) is 14.8. The molecule has 1 saturated heterocycles. The van der Waals surface area contributed by atoms with Crippen LogP contribution in [-0.2, 0) is 6.42 Å². The van der Waals surface area contributed by atoms with Crippen LogP contribution in [0.4, 0.5) is 5.82 Å². The van der Waals surface area contributed by atoms with Crippen LogP contribution in [0.25, 0.3) is 5.65 Å². The van der Waals surface area contributed by atoms with Gasteiger partial charge in [-0.25, -0.2) is 0 Å². The smallest absolute Gasteiger partial charge is 0.177 e. The molecule has 134 valence electrons. The van der Waals surface area contributed by atoms with E-state index in [2.05, 4.69) is 31.7 Å². The standard InChI is InChI=1S/C18H18Cl2N6/c1-13(10-14-2-3-15(19)11-16(14)20)24-6-8-25(9-7-24)18-5-4-17-22-21-12-26(17)23-18/h2-5,11-12H,1,6-10H2. The van der Waals surface area contributed by atoms with Gasteiger partial charge in [-0.3, -0.25) is 0 Å². The molecule has 1 aliphatic rings. The molecule has 3 heterocycles. The maximum Gasteiger partial charge on any atom is 0.177 e. The molecule has 0 amide bonds. The molecule has 1 fully saturated rings. The fourth-order valence-corrected chi connectivity index (χ4v) is 3.61. The molecular formula is C18H18Cl2N6. The maximum atomic E-state index is 6.28. The molecule has 0 aliphatic carbocycles. The van der Waals surface area contributed by atoms with Crippen LogP contribution in [0.2, 0.25) is 10.0 Å². The highest BCUT2D eigenvalue weighted by Gasteiger charge is 2.20. The van der Waals surface area contributed by atoms with Crippen molar-refractivity contribution >= 4 is 34.7 Å². The van der Waals surface area contributed by atoms with Crippen LogP contribution in [-0.4, -0.2) is 50.9 Å². The molecule has 26 heavy (non-hydrogen) atoms. The molecule has 0 atom stereocenters. The minimum absolute atomic E-state index is 0.649. The van der Waals surface area contributed by atoms with Crippen LogP contribution in [0, 0.1) is 0 Å². The third kappa shape index (κ3) is 3.48. The second-order valence-electron chi connectivity index (χ2n) is 6.28. The van der Waals surface area contributed by atoms with Gasteiger partial charge in [0.2, 0.25) is 0 Å². The van der Waals surface area contributed by atoms with E-state index in [1.807, 2.05) is 24.3 Å². The van der Waals surface area contributed by atoms with Crippen molar-refractivity contribution < 1.29 is 0 Å². The molecule has 1 aliphatic heterocycles. The first-order valence-electron chi connectivity index (χ1n) is 8.39. The Bertz CT molecular complexity index is 946. The van der Waals surface area contributed by atoms with E-state index in [0.29, 0.717) is 10.0 Å². The van der Waals surface area contributed by atoms with Crippen LogP contribution in [0.15, 0.2) is 48.9 Å². The SMILES string of the molecule is C=C(Cc1ccc(Cl)cc1Cl)N1CCN(c2ccc3nncn3n2)CC1. The number of hydrogen-bond donors (Lipinski definition) is 0. The fraction of sp³-hybridized carbons (Fsp3) is 0.278. The van der Waals surface area contributed by atoms with E-state index in [4.69, 9.17) is 23.2 Å². The lowest BCUT2D eigenvalue weighted by Crippen LogP contribution is -2.46. The van der Waals surface area contributed by atoms with Crippen LogP contribution in [0.3, 0.4) is 0 Å². The monoisotopic (exact) mass is 388 g/mol. The van der Waals surface area contributed by atoms with Crippen molar-refractivity contribution in [2.24, 2.45) is 0 Å². The van der Waals surface area contributed by atoms with Gasteiger partial charge < -0.3 is 9.80 Å². The highest BCUT2D eigenvalue weighted by atomic mass is 35.5. The Morgan fingerprint density at radius 3 is 2.65 bits per heavy atom. The zero-order chi connectivity index (χ0) is 18.1. The predicted molar refractivity (Wildman–Crippen MR) is 104 cm³/mol. The van der Waals surface area contributed by atoms with Gasteiger partial charge in [0.1, 0.15) is 12.1 Å². The lowest BCUT2D eigenvalue weighted by atomic mass is 10.1. The summed E-state index contributed by atoms with van der Waals surface area (Å²) in [6, 6.07) is 9.52. The number of hydrogen-bond acceptors (Lipinski definition) is 5. The Morgan fingerprint density at radius 2 is 1.88 bits per heavy atom. The number of benzene rings is 1. The zero-order valence-electron chi connectivity index (χ0n) is 14.1. The molecule has 0 N–H and O–H groups in total. The number of piperazine rings is 1. The first kappa shape index (κ1) is 17.1. The van der Waals surface area contributed by atoms with Crippen molar-refractivity contribution in [3.05, 3.63) is 64.5 Å². The summed E-state index contributed by atoms with van der Waals surface area (Å²) in [6.45, 7) is 7.80. The Labute approximate surface area is 161 Å². The van der Waals surface area contributed by atoms with E-state index in [9.17, 15) is 0 Å². The van der Waals surface area contributed by atoms with E-state index >= 15 is 0 Å². The Hall–Kier alpha value is -2.31. The largest absolute Gasteiger partial charge is 0.371 e. The predicted octanol–water partition coefficient (Wildman–Crippen LogP) is 3.31. The molecule has 0 spiro atoms. The molecule has 6 nitrogen and oxygen atoms in total. The lowest BCUT2D eigenvalue weighted by molar-refractivity contribution is 0.315. The van der Waals surface area contributed by atoms with Gasteiger partial charge in [0, 0.05) is 48.3 Å². The lowest BCUT2D eigenvalue weighted by Gasteiger charge is -2.37. The minimum atomic E-state index is 0.649. The average molecular weight is 389 g/mol. The first-order valence-corrected chi connectivity index (χ1v) is 9.14. The number of nitrogens with zero attached hydrogens (tertiary/aromatic N) is 6. The topological polar surface area (TPSA) is 49.6 Å². The van der Waals surface area contributed by atoms with Gasteiger partial charge in [0.15, 0.2) is 5.65 Å². The van der Waals surface area contributed by atoms with Crippen LogP contribution < -0.4 is 4.90 Å². The molecule has 8 heteroatoms. The van der Waals surface area contributed by atoms with E-state index in [1.165, 1.54) is 0 Å². The highest BCUT2D eigenvalue weighted by molar-refractivity contribution is 6.35. The van der Waals surface area contributed by atoms with Crippen LogP contribution in [0.1, 0.15) is 5.56 Å². The van der Waals surface area contributed by atoms with E-state index in [1.54, 1.807) is 16.9 Å². The molecular weight excluding hydrogens is 371 g/mol. The Balaban J connectivity index is 1.38. The number of rotatable bonds is 4. The average Bonchev–Trinajstić information content (AvgIpc) is 3.12. The summed E-state index contributed by atoms with van der Waals surface area (Å²) in [5.74, 6) is 0.934. The Morgan fingerprint density at radius 1 is 1.08 bits per heavy atom. The second-order valence-corrected chi connectivity index (χ2v) is 7.12. The molecule has 4 rings (SSSR count). The maximum absolute atomic E-state index is 6.28. The van der Waals surface area contributed by atoms with Crippen molar-refractivity contribution in [3.8, 4) is 0 Å². The van der Waals surface area contributed by atoms with Crippen LogP contribution >= 0.6 is 23.2 Å². The van der Waals surface area contributed by atoms with Gasteiger partial charge in [0.05, 0.1) is 0 Å². The second kappa shape index (κ2) is 7.13. The van der Waals surface area contributed by atoms with Gasteiger partial charge >= 0.3 is 0 Å². The molecule has 0 saturated carbocycles. The van der Waals surface area contributed by atoms with Crippen molar-refractivity contribution in [2.75, 3.05) is 31.1 Å². The van der Waals surface area contributed by atoms with Gasteiger partial charge in [-0.2, -0.15) is 4.52 Å². The summed E-state index contributed by atoms with van der Waals surface area (Å²) in [7, 11) is 0. The third-order valence-corrected chi connectivity index (χ3v) is 5.20. The summed E-state index contributed by atoms with van der Waals surface area (Å²) in [5.41, 5.74) is 2.86. The van der Waals surface area contributed by atoms with Gasteiger partial charge in [-0.05, 0) is 29.8 Å². The van der Waals surface area contributed by atoms with Crippen molar-refractivity contribution in [3.63, 3.8) is 0 Å². The summed E-state index contributed by atoms with van der Waals surface area (Å²) in [4.78, 5) is 4.57. The fourth-order valence-electron chi connectivity index (χ4n) is 3.14. The van der Waals surface area contributed by atoms with Crippen molar-refractivity contribution in [1.82, 2.24) is 24.7 Å². The van der Waals surface area contributed by atoms with Gasteiger partial charge in [-0.15, -0.1) is 15.3 Å².